The Labute approximate surface area is 263 Å². The molecular formula is C40H45N3O. The first-order valence-corrected chi connectivity index (χ1v) is 15.7. The smallest absolute Gasteiger partial charge is 0.156 e. The SMILES string of the molecule is C=C.CC.CC.CCC1(C)CN(c2ncccc2Nc2ccc3oc4ccccc4c3c2-c2ccccc2)c2ccccc21. The Morgan fingerprint density at radius 1 is 0.773 bits per heavy atom. The summed E-state index contributed by atoms with van der Waals surface area (Å²) >= 11 is 0. The van der Waals surface area contributed by atoms with Gasteiger partial charge in [0.2, 0.25) is 0 Å². The highest BCUT2D eigenvalue weighted by molar-refractivity contribution is 6.15. The number of nitrogens with zero attached hydrogens (tertiary/aromatic N) is 2. The van der Waals surface area contributed by atoms with Crippen LogP contribution in [0.3, 0.4) is 0 Å². The van der Waals surface area contributed by atoms with E-state index in [4.69, 9.17) is 9.40 Å². The van der Waals surface area contributed by atoms with E-state index in [0.717, 1.165) is 63.2 Å². The number of pyridine rings is 1. The van der Waals surface area contributed by atoms with E-state index in [9.17, 15) is 0 Å². The van der Waals surface area contributed by atoms with Crippen LogP contribution in [0.4, 0.5) is 22.9 Å². The highest BCUT2D eigenvalue weighted by atomic mass is 16.3. The molecule has 0 saturated carbocycles. The number of benzene rings is 4. The maximum absolute atomic E-state index is 6.25. The van der Waals surface area contributed by atoms with Crippen molar-refractivity contribution in [2.45, 2.75) is 53.4 Å². The molecule has 1 aliphatic heterocycles. The number of fused-ring (bicyclic) bond motifs is 4. The predicted octanol–water partition coefficient (Wildman–Crippen LogP) is 12.1. The molecule has 4 nitrogen and oxygen atoms in total. The Hall–Kier alpha value is -4.83. The normalized spacial score (nSPS) is 14.8. The third kappa shape index (κ3) is 5.85. The molecule has 2 aromatic heterocycles. The summed E-state index contributed by atoms with van der Waals surface area (Å²) in [5, 5.41) is 6.03. The second-order valence-corrected chi connectivity index (χ2v) is 10.3. The van der Waals surface area contributed by atoms with Crippen LogP contribution in [0.15, 0.2) is 127 Å². The third-order valence-electron chi connectivity index (χ3n) is 8.05. The molecule has 1 atom stereocenters. The van der Waals surface area contributed by atoms with Gasteiger partial charge in [0, 0.05) is 45.9 Å². The average molecular weight is 584 g/mol. The first-order valence-electron chi connectivity index (χ1n) is 15.7. The molecule has 6 aromatic rings. The van der Waals surface area contributed by atoms with Gasteiger partial charge in [-0.15, -0.1) is 13.2 Å². The molecule has 0 spiro atoms. The summed E-state index contributed by atoms with van der Waals surface area (Å²) in [7, 11) is 0. The van der Waals surface area contributed by atoms with Crippen molar-refractivity contribution in [1.82, 2.24) is 4.98 Å². The summed E-state index contributed by atoms with van der Waals surface area (Å²) in [5.74, 6) is 0.938. The zero-order valence-corrected chi connectivity index (χ0v) is 27.0. The molecule has 1 aliphatic rings. The summed E-state index contributed by atoms with van der Waals surface area (Å²) < 4.78 is 6.25. The van der Waals surface area contributed by atoms with Crippen LogP contribution in [0.1, 0.15) is 53.5 Å². The molecule has 7 rings (SSSR count). The molecule has 226 valence electrons. The first-order chi connectivity index (χ1) is 21.7. The molecule has 0 radical (unpaired) electrons. The molecule has 1 N–H and O–H groups in total. The first kappa shape index (κ1) is 32.1. The fourth-order valence-electron chi connectivity index (χ4n) is 5.91. The second kappa shape index (κ2) is 14.6. The van der Waals surface area contributed by atoms with E-state index in [2.05, 4.69) is 122 Å². The van der Waals surface area contributed by atoms with Gasteiger partial charge in [0.25, 0.3) is 0 Å². The van der Waals surface area contributed by atoms with Gasteiger partial charge in [0.05, 0.1) is 5.69 Å². The van der Waals surface area contributed by atoms with E-state index in [1.165, 1.54) is 11.3 Å². The van der Waals surface area contributed by atoms with Crippen molar-refractivity contribution >= 4 is 44.8 Å². The van der Waals surface area contributed by atoms with Crippen LogP contribution in [0, 0.1) is 0 Å². The number of anilines is 4. The summed E-state index contributed by atoms with van der Waals surface area (Å²) in [5.41, 5.74) is 8.75. The number of rotatable bonds is 5. The molecule has 3 heterocycles. The molecular weight excluding hydrogens is 538 g/mol. The van der Waals surface area contributed by atoms with Gasteiger partial charge in [-0.05, 0) is 53.9 Å². The highest BCUT2D eigenvalue weighted by Crippen LogP contribution is 2.48. The molecule has 1 unspecified atom stereocenters. The van der Waals surface area contributed by atoms with E-state index in [-0.39, 0.29) is 5.41 Å². The lowest BCUT2D eigenvalue weighted by Gasteiger charge is -2.26. The van der Waals surface area contributed by atoms with Gasteiger partial charge >= 0.3 is 0 Å². The zero-order chi connectivity index (χ0) is 31.7. The molecule has 0 amide bonds. The molecule has 4 heteroatoms. The largest absolute Gasteiger partial charge is 0.456 e. The quantitative estimate of drug-likeness (QED) is 0.205. The van der Waals surface area contributed by atoms with E-state index in [1.54, 1.807) is 0 Å². The van der Waals surface area contributed by atoms with Crippen LogP contribution in [-0.4, -0.2) is 11.5 Å². The minimum atomic E-state index is 0.0786. The standard InChI is InChI=1S/C34H29N3O.2C2H6.C2H4/c1-3-34(2)22-37(28-17-9-8-15-25(28)34)33-27(16-11-21-35-33)36-26-19-20-30-32(24-14-7-10-18-29(24)38-30)31(26)23-12-5-4-6-13-23;3*1-2/h4-21,36H,3,22H2,1-2H3;2*1-2H3;1-2H2. The average Bonchev–Trinajstić information content (AvgIpc) is 3.64. The number of para-hydroxylation sites is 2. The molecule has 0 bridgehead atoms. The van der Waals surface area contributed by atoms with Crippen molar-refractivity contribution in [2.75, 3.05) is 16.8 Å². The molecule has 0 saturated heterocycles. The van der Waals surface area contributed by atoms with Crippen LogP contribution in [0.2, 0.25) is 0 Å². The number of nitrogens with one attached hydrogen (secondary N) is 1. The van der Waals surface area contributed by atoms with Crippen LogP contribution < -0.4 is 10.2 Å². The number of hydrogen-bond acceptors (Lipinski definition) is 4. The van der Waals surface area contributed by atoms with Gasteiger partial charge in [-0.1, -0.05) is 108 Å². The number of hydrogen-bond donors (Lipinski definition) is 1. The van der Waals surface area contributed by atoms with Gasteiger partial charge in [-0.25, -0.2) is 4.98 Å². The predicted molar refractivity (Wildman–Crippen MR) is 192 cm³/mol. The van der Waals surface area contributed by atoms with Gasteiger partial charge in [0.15, 0.2) is 5.82 Å². The third-order valence-corrected chi connectivity index (χ3v) is 8.05. The van der Waals surface area contributed by atoms with Crippen molar-refractivity contribution in [3.05, 3.63) is 128 Å². The van der Waals surface area contributed by atoms with E-state index in [0.29, 0.717) is 0 Å². The maximum atomic E-state index is 6.25. The van der Waals surface area contributed by atoms with E-state index >= 15 is 0 Å². The van der Waals surface area contributed by atoms with Crippen molar-refractivity contribution < 1.29 is 4.42 Å². The van der Waals surface area contributed by atoms with Crippen LogP contribution in [0.5, 0.6) is 0 Å². The molecule has 4 aromatic carbocycles. The van der Waals surface area contributed by atoms with Gasteiger partial charge in [-0.3, -0.25) is 0 Å². The second-order valence-electron chi connectivity index (χ2n) is 10.3. The lowest BCUT2D eigenvalue weighted by molar-refractivity contribution is 0.491. The maximum Gasteiger partial charge on any atom is 0.156 e. The summed E-state index contributed by atoms with van der Waals surface area (Å²) in [6, 6.07) is 35.9. The molecule has 0 aliphatic carbocycles. The number of aromatic nitrogens is 1. The minimum Gasteiger partial charge on any atom is -0.456 e. The van der Waals surface area contributed by atoms with E-state index in [1.807, 2.05) is 52.1 Å². The van der Waals surface area contributed by atoms with Gasteiger partial charge in [-0.2, -0.15) is 0 Å². The topological polar surface area (TPSA) is 41.3 Å². The zero-order valence-electron chi connectivity index (χ0n) is 27.0. The minimum absolute atomic E-state index is 0.0786. The Kier molecular flexibility index (Phi) is 10.6. The van der Waals surface area contributed by atoms with Gasteiger partial charge in [0.1, 0.15) is 11.2 Å². The summed E-state index contributed by atoms with van der Waals surface area (Å²) in [6.07, 6.45) is 2.95. The monoisotopic (exact) mass is 583 g/mol. The van der Waals surface area contributed by atoms with Gasteiger partial charge < -0.3 is 14.6 Å². The lowest BCUT2D eigenvalue weighted by Crippen LogP contribution is -2.28. The van der Waals surface area contributed by atoms with Crippen molar-refractivity contribution in [3.63, 3.8) is 0 Å². The number of furan rings is 1. The van der Waals surface area contributed by atoms with E-state index < -0.39 is 0 Å². The highest BCUT2D eigenvalue weighted by Gasteiger charge is 2.39. The van der Waals surface area contributed by atoms with Crippen LogP contribution >= 0.6 is 0 Å². The van der Waals surface area contributed by atoms with Crippen LogP contribution in [-0.2, 0) is 5.41 Å². The Bertz CT molecular complexity index is 1810. The van der Waals surface area contributed by atoms with Crippen molar-refractivity contribution in [1.29, 1.82) is 0 Å². The van der Waals surface area contributed by atoms with Crippen molar-refractivity contribution in [3.8, 4) is 11.1 Å². The lowest BCUT2D eigenvalue weighted by atomic mass is 9.82. The fraction of sp³-hybridized carbons (Fsp3) is 0.225. The Morgan fingerprint density at radius 2 is 1.45 bits per heavy atom. The molecule has 0 fully saturated rings. The summed E-state index contributed by atoms with van der Waals surface area (Å²) in [4.78, 5) is 7.28. The molecule has 44 heavy (non-hydrogen) atoms. The van der Waals surface area contributed by atoms with Crippen molar-refractivity contribution in [2.24, 2.45) is 0 Å². The fourth-order valence-corrected chi connectivity index (χ4v) is 5.91. The summed E-state index contributed by atoms with van der Waals surface area (Å²) in [6.45, 7) is 19.5. The van der Waals surface area contributed by atoms with Crippen LogP contribution in [0.25, 0.3) is 33.1 Å². The Balaban J connectivity index is 0.000000696. The Morgan fingerprint density at radius 3 is 2.20 bits per heavy atom.